The first kappa shape index (κ1) is 61.4. The number of likely N-dealkylation sites (N-methyl/N-ethyl adjacent to an activating group) is 1. The lowest BCUT2D eigenvalue weighted by Crippen LogP contribution is -2.40. The number of alkyl halides is 3. The van der Waals surface area contributed by atoms with Crippen LogP contribution in [0.25, 0.3) is 0 Å². The van der Waals surface area contributed by atoms with E-state index in [0.717, 1.165) is 30.2 Å². The van der Waals surface area contributed by atoms with Crippen molar-refractivity contribution in [2.45, 2.75) is 39.3 Å². The quantitative estimate of drug-likeness (QED) is 0.0337. The molecule has 2 atom stereocenters. The molecule has 0 aliphatic heterocycles. The highest BCUT2D eigenvalue weighted by atomic mass is 19.3. The summed E-state index contributed by atoms with van der Waals surface area (Å²) in [6, 6.07) is 30.3. The van der Waals surface area contributed by atoms with Gasteiger partial charge in [0.1, 0.15) is 12.4 Å². The van der Waals surface area contributed by atoms with Gasteiger partial charge in [-0.15, -0.1) is 0 Å². The average Bonchev–Trinajstić information content (AvgIpc) is 3.37. The van der Waals surface area contributed by atoms with Gasteiger partial charge in [0, 0.05) is 57.9 Å². The molecule has 2 unspecified atom stereocenters. The van der Waals surface area contributed by atoms with E-state index in [1.807, 2.05) is 12.1 Å². The highest BCUT2D eigenvalue weighted by molar-refractivity contribution is 5.86. The molecule has 1 N–H and O–H groups in total. The summed E-state index contributed by atoms with van der Waals surface area (Å²) in [5.74, 6) is 6.39. The molecule has 0 saturated heterocycles. The average molecular weight is 1030 g/mol. The van der Waals surface area contributed by atoms with Crippen molar-refractivity contribution >= 4 is 17.7 Å². The van der Waals surface area contributed by atoms with Crippen LogP contribution < -0.4 is 4.74 Å². The summed E-state index contributed by atoms with van der Waals surface area (Å²) in [6.45, 7) is 2.59. The Morgan fingerprint density at radius 3 is 1.29 bits per heavy atom. The topological polar surface area (TPSA) is 176 Å². The predicted octanol–water partition coefficient (Wildman–Crippen LogP) is 9.96. The largest absolute Gasteiger partial charge is 0.481 e. The van der Waals surface area contributed by atoms with E-state index >= 15 is 0 Å². The van der Waals surface area contributed by atoms with Crippen LogP contribution in [0.3, 0.4) is 0 Å². The number of ketones is 1. The Bertz CT molecular complexity index is 3230. The van der Waals surface area contributed by atoms with E-state index in [1.165, 1.54) is 36.4 Å². The van der Waals surface area contributed by atoms with Gasteiger partial charge >= 0.3 is 18.1 Å². The molecule has 0 aliphatic rings. The Morgan fingerprint density at radius 1 is 0.587 bits per heavy atom. The Hall–Kier alpha value is -9.69. The van der Waals surface area contributed by atoms with Crippen molar-refractivity contribution in [2.75, 3.05) is 27.7 Å². The van der Waals surface area contributed by atoms with Gasteiger partial charge < -0.3 is 14.3 Å². The zero-order valence-corrected chi connectivity index (χ0v) is 40.6. The van der Waals surface area contributed by atoms with Crippen LogP contribution in [0.15, 0.2) is 97.1 Å². The Morgan fingerprint density at radius 2 is 0.947 bits per heavy atom. The minimum Gasteiger partial charge on any atom is -0.481 e. The van der Waals surface area contributed by atoms with E-state index < -0.39 is 70.1 Å². The number of esters is 1. The zero-order valence-electron chi connectivity index (χ0n) is 40.6. The second-order valence-corrected chi connectivity index (χ2v) is 16.6. The normalized spacial score (nSPS) is 10.6. The standard InChI is InChI=1S/C25H23F4N2O3.C13H11NO2.C10H4F3N.C9H4FN/c1-15-20(26)22(28)24(23(29)21(15)27)34-25(33)18(13-19(32)14-31(2,3)4)12-17-9-7-16(8-10-17)6-5-11-30;1-10(13(15)16)9-12-6-4-11(5-7-12)3-2-8-14;11-10(12,13)9-5-3-8(4-6-9)2-1-7-14;10-9-5-3-8(4-6-9)2-1-7-11/h7-10,18H,12-14H2,1-4H3;4-7,10H,9H2,1H3,(H,15,16);3-6H;3-6H/q+1;;;/i;;11-1;10-1. The molecule has 0 aliphatic carbocycles. The number of nitrogens with zero attached hydrogens (tertiary/aromatic N) is 5. The van der Waals surface area contributed by atoms with Gasteiger partial charge in [-0.2, -0.15) is 43.0 Å². The number of quaternary nitrogens is 1. The molecule has 5 rings (SSSR count). The molecule has 380 valence electrons. The van der Waals surface area contributed by atoms with Gasteiger partial charge in [-0.3, -0.25) is 14.4 Å². The SMILES string of the molecule is CC(Cc1ccc(C#CC#N)cc1)C(=O)O.Cc1c(F)c(F)c(OC(=O)C(CC(=O)C[N+](C)(C)C)Cc2ccc(C#CC#N)cc2)c(F)c1F.N#CC#Cc1ccc(C(F)(F)[18F])cc1.N#CC#Cc1ccc([18F])cc1. The molecule has 0 spiro atoms. The number of halogens is 8. The first-order valence-electron chi connectivity index (χ1n) is 21.6. The van der Waals surface area contributed by atoms with Crippen LogP contribution in [0, 0.1) is 141 Å². The molecule has 0 bridgehead atoms. The molecule has 0 amide bonds. The molecule has 18 heteroatoms. The fraction of sp³-hybridized carbons (Fsp3) is 0.211. The van der Waals surface area contributed by atoms with E-state index in [2.05, 4.69) is 47.4 Å². The number of carbonyl (C=O) groups excluding carboxylic acids is 2. The Labute approximate surface area is 428 Å². The number of nitriles is 4. The fourth-order valence-electron chi connectivity index (χ4n) is 5.95. The molecular formula is C57H42F8N5O5+. The molecule has 5 aromatic carbocycles. The summed E-state index contributed by atoms with van der Waals surface area (Å²) >= 11 is 0. The molecule has 10 nitrogen and oxygen atoms in total. The van der Waals surface area contributed by atoms with Crippen LogP contribution in [-0.2, 0) is 33.4 Å². The highest BCUT2D eigenvalue weighted by Crippen LogP contribution is 2.31. The third-order valence-corrected chi connectivity index (χ3v) is 9.56. The summed E-state index contributed by atoms with van der Waals surface area (Å²) in [4.78, 5) is 36.0. The van der Waals surface area contributed by atoms with E-state index in [-0.39, 0.29) is 35.5 Å². The first-order valence-corrected chi connectivity index (χ1v) is 21.6. The van der Waals surface area contributed by atoms with Crippen LogP contribution in [0.5, 0.6) is 5.75 Å². The number of benzene rings is 5. The van der Waals surface area contributed by atoms with Gasteiger partial charge in [-0.05, 0) is 104 Å². The van der Waals surface area contributed by atoms with Crippen LogP contribution in [0.4, 0.5) is 35.1 Å². The molecule has 0 fully saturated rings. The highest BCUT2D eigenvalue weighted by Gasteiger charge is 2.32. The number of carboxylic acids is 1. The molecule has 5 aromatic rings. The van der Waals surface area contributed by atoms with Crippen molar-refractivity contribution in [1.82, 2.24) is 0 Å². The van der Waals surface area contributed by atoms with Crippen molar-refractivity contribution in [1.29, 1.82) is 21.0 Å². The van der Waals surface area contributed by atoms with Crippen molar-refractivity contribution in [3.63, 3.8) is 0 Å². The van der Waals surface area contributed by atoms with E-state index in [4.69, 9.17) is 30.9 Å². The van der Waals surface area contributed by atoms with Gasteiger partial charge in [-0.25, -0.2) is 13.2 Å². The minimum absolute atomic E-state index is 0.0479. The second-order valence-electron chi connectivity index (χ2n) is 16.6. The lowest BCUT2D eigenvalue weighted by Gasteiger charge is -2.24. The Balaban J connectivity index is 0.000000387. The monoisotopic (exact) mass is 1030 g/mol. The van der Waals surface area contributed by atoms with E-state index in [9.17, 15) is 49.5 Å². The molecule has 0 saturated carbocycles. The third-order valence-electron chi connectivity index (χ3n) is 9.56. The predicted molar refractivity (Wildman–Crippen MR) is 258 cm³/mol. The maximum absolute atomic E-state index is 14.2. The van der Waals surface area contributed by atoms with Gasteiger partial charge in [0.05, 0.1) is 38.5 Å². The zero-order chi connectivity index (χ0) is 56.3. The van der Waals surface area contributed by atoms with Crippen molar-refractivity contribution in [3.8, 4) is 77.4 Å². The number of carboxylic acid groups (broad SMARTS) is 1. The molecule has 0 aromatic heterocycles. The summed E-state index contributed by atoms with van der Waals surface area (Å²) in [5.41, 5.74) is 2.26. The van der Waals surface area contributed by atoms with Gasteiger partial charge in [0.25, 0.3) is 0 Å². The van der Waals surface area contributed by atoms with Crippen molar-refractivity contribution < 1.29 is 63.8 Å². The third kappa shape index (κ3) is 22.5. The lowest BCUT2D eigenvalue weighted by atomic mass is 9.93. The molecular weight excluding hydrogens is 985 g/mol. The van der Waals surface area contributed by atoms with E-state index in [0.29, 0.717) is 28.7 Å². The van der Waals surface area contributed by atoms with Gasteiger partial charge in [-0.1, -0.05) is 54.9 Å². The van der Waals surface area contributed by atoms with Crippen LogP contribution in [0.2, 0.25) is 0 Å². The first-order chi connectivity index (χ1) is 35.3. The maximum atomic E-state index is 14.2. The maximum Gasteiger partial charge on any atom is 0.416 e. The number of hydrogen-bond donors (Lipinski definition) is 1. The van der Waals surface area contributed by atoms with Crippen LogP contribution in [-0.4, -0.2) is 55.0 Å². The smallest absolute Gasteiger partial charge is 0.416 e. The number of rotatable bonds is 11. The molecule has 0 radical (unpaired) electrons. The second kappa shape index (κ2) is 30.3. The number of carbonyl (C=O) groups is 3. The summed E-state index contributed by atoms with van der Waals surface area (Å²) in [7, 11) is 5.32. The van der Waals surface area contributed by atoms with Crippen molar-refractivity contribution in [2.24, 2.45) is 11.8 Å². The fourth-order valence-corrected chi connectivity index (χ4v) is 5.95. The van der Waals surface area contributed by atoms with Gasteiger partial charge in [0.15, 0.2) is 41.7 Å². The molecule has 0 heterocycles. The summed E-state index contributed by atoms with van der Waals surface area (Å²) in [6.07, 6.45) is -4.19. The van der Waals surface area contributed by atoms with E-state index in [1.54, 1.807) is 88.7 Å². The number of Topliss-reactive ketones (excluding diaryl/α,β-unsaturated/α-hetero) is 1. The number of ether oxygens (including phenoxy) is 1. The number of hydrogen-bond acceptors (Lipinski definition) is 8. The molecule has 75 heavy (non-hydrogen) atoms. The number of aliphatic carboxylic acids is 1. The van der Waals surface area contributed by atoms with Crippen molar-refractivity contribution in [3.05, 3.63) is 171 Å². The lowest BCUT2D eigenvalue weighted by molar-refractivity contribution is -0.862. The summed E-state index contributed by atoms with van der Waals surface area (Å²) in [5, 5.41) is 41.7. The van der Waals surface area contributed by atoms with Crippen LogP contribution >= 0.6 is 0 Å². The van der Waals surface area contributed by atoms with Crippen LogP contribution in [0.1, 0.15) is 57.9 Å². The van der Waals surface area contributed by atoms with Gasteiger partial charge in [0.2, 0.25) is 17.4 Å². The minimum atomic E-state index is -4.33. The Kier molecular flexibility index (Phi) is 24.8. The summed E-state index contributed by atoms with van der Waals surface area (Å²) < 4.78 is 110.